The predicted molar refractivity (Wildman–Crippen MR) is 56.0 cm³/mol. The average Bonchev–Trinajstić information content (AvgIpc) is 3.00. The van der Waals surface area contributed by atoms with Crippen LogP contribution in [0.3, 0.4) is 0 Å². The SMILES string of the molecule is COC(=O)[C@H]1[C@@H]2CC(=O)[C@@](N=[N+]=[N-])(C(=O)OC)[C@@H]21. The Bertz CT molecular complexity index is 484. The molecule has 2 rings (SSSR count). The van der Waals surface area contributed by atoms with Gasteiger partial charge in [-0.05, 0) is 11.4 Å². The van der Waals surface area contributed by atoms with E-state index in [9.17, 15) is 14.4 Å². The Hall–Kier alpha value is -2.08. The molecule has 2 aliphatic carbocycles. The number of ketones is 1. The minimum atomic E-state index is -1.90. The molecule has 0 radical (unpaired) electrons. The Kier molecular flexibility index (Phi) is 2.74. The number of ether oxygens (including phenoxy) is 2. The Balaban J connectivity index is 2.40. The van der Waals surface area contributed by atoms with Crippen LogP contribution in [0.2, 0.25) is 0 Å². The first-order valence-electron chi connectivity index (χ1n) is 5.30. The zero-order chi connectivity index (χ0) is 13.5. The number of azide groups is 1. The number of methoxy groups -OCH3 is 2. The number of hydrogen-bond acceptors (Lipinski definition) is 6. The maximum atomic E-state index is 11.9. The van der Waals surface area contributed by atoms with Gasteiger partial charge in [-0.2, -0.15) is 0 Å². The number of carbonyl (C=O) groups is 3. The summed E-state index contributed by atoms with van der Waals surface area (Å²) in [5.74, 6) is -3.42. The van der Waals surface area contributed by atoms with Crippen LogP contribution in [0.4, 0.5) is 0 Å². The minimum absolute atomic E-state index is 0.0263. The number of esters is 2. The number of Topliss-reactive ketones (excluding diaryl/α,β-unsaturated/α-hetero) is 1. The third-order valence-corrected chi connectivity index (χ3v) is 3.67. The zero-order valence-electron chi connectivity index (χ0n) is 9.82. The van der Waals surface area contributed by atoms with E-state index in [1.807, 2.05) is 0 Å². The fourth-order valence-corrected chi connectivity index (χ4v) is 2.85. The van der Waals surface area contributed by atoms with Crippen LogP contribution in [0.1, 0.15) is 6.42 Å². The molecule has 18 heavy (non-hydrogen) atoms. The smallest absolute Gasteiger partial charge is 0.325 e. The summed E-state index contributed by atoms with van der Waals surface area (Å²) in [6.45, 7) is 0. The normalized spacial score (nSPS) is 36.3. The second-order valence-electron chi connectivity index (χ2n) is 4.31. The van der Waals surface area contributed by atoms with Crippen molar-refractivity contribution < 1.29 is 23.9 Å². The topological polar surface area (TPSA) is 118 Å². The van der Waals surface area contributed by atoms with Crippen LogP contribution in [-0.2, 0) is 23.9 Å². The largest absolute Gasteiger partial charge is 0.469 e. The van der Waals surface area contributed by atoms with E-state index in [2.05, 4.69) is 19.5 Å². The lowest BCUT2D eigenvalue weighted by Crippen LogP contribution is -2.46. The summed E-state index contributed by atoms with van der Waals surface area (Å²) >= 11 is 0. The Morgan fingerprint density at radius 3 is 2.61 bits per heavy atom. The Morgan fingerprint density at radius 1 is 1.44 bits per heavy atom. The highest BCUT2D eigenvalue weighted by Gasteiger charge is 2.76. The summed E-state index contributed by atoms with van der Waals surface area (Å²) in [6.07, 6.45) is 0.0263. The molecule has 0 aliphatic heterocycles. The quantitative estimate of drug-likeness (QED) is 0.234. The molecule has 4 atom stereocenters. The standard InChI is InChI=1S/C10H11N3O5/c1-17-8(15)6-4-3-5(14)10(7(4)6,12-13-11)9(16)18-2/h4,6-7H,3H2,1-2H3/t4-,6-,7-,10-/m0/s1. The van der Waals surface area contributed by atoms with Crippen molar-refractivity contribution >= 4 is 17.7 Å². The van der Waals surface area contributed by atoms with Gasteiger partial charge >= 0.3 is 11.9 Å². The van der Waals surface area contributed by atoms with E-state index in [4.69, 9.17) is 5.53 Å². The van der Waals surface area contributed by atoms with Gasteiger partial charge in [0.1, 0.15) is 0 Å². The molecule has 2 saturated carbocycles. The van der Waals surface area contributed by atoms with Crippen LogP contribution in [0.15, 0.2) is 5.11 Å². The van der Waals surface area contributed by atoms with Crippen molar-refractivity contribution in [3.8, 4) is 0 Å². The van der Waals surface area contributed by atoms with Crippen molar-refractivity contribution in [2.75, 3.05) is 14.2 Å². The van der Waals surface area contributed by atoms with E-state index in [-0.39, 0.29) is 12.3 Å². The van der Waals surface area contributed by atoms with Gasteiger partial charge in [-0.15, -0.1) is 0 Å². The maximum Gasteiger partial charge on any atom is 0.325 e. The first kappa shape index (κ1) is 12.4. The molecule has 2 aliphatic rings. The lowest BCUT2D eigenvalue weighted by Gasteiger charge is -2.21. The highest BCUT2D eigenvalue weighted by atomic mass is 16.5. The predicted octanol–water partition coefficient (Wildman–Crippen LogP) is 0.216. The van der Waals surface area contributed by atoms with Crippen LogP contribution in [0.25, 0.3) is 10.4 Å². The van der Waals surface area contributed by atoms with Gasteiger partial charge in [-0.3, -0.25) is 14.4 Å². The molecular weight excluding hydrogens is 242 g/mol. The molecule has 8 nitrogen and oxygen atoms in total. The van der Waals surface area contributed by atoms with Gasteiger partial charge in [-0.25, -0.2) is 0 Å². The highest BCUT2D eigenvalue weighted by Crippen LogP contribution is 2.62. The van der Waals surface area contributed by atoms with Crippen molar-refractivity contribution in [3.63, 3.8) is 0 Å². The summed E-state index contributed by atoms with van der Waals surface area (Å²) in [5, 5.41) is 3.35. The van der Waals surface area contributed by atoms with Gasteiger partial charge in [-0.1, -0.05) is 5.11 Å². The van der Waals surface area contributed by atoms with E-state index in [0.717, 1.165) is 7.11 Å². The number of fused-ring (bicyclic) bond motifs is 1. The summed E-state index contributed by atoms with van der Waals surface area (Å²) in [6, 6.07) is 0. The minimum Gasteiger partial charge on any atom is -0.469 e. The van der Waals surface area contributed by atoms with Gasteiger partial charge in [0.2, 0.25) is 5.54 Å². The van der Waals surface area contributed by atoms with E-state index in [1.165, 1.54) is 7.11 Å². The number of carbonyl (C=O) groups excluding carboxylic acids is 3. The lowest BCUT2D eigenvalue weighted by molar-refractivity contribution is -0.152. The van der Waals surface area contributed by atoms with Crippen LogP contribution >= 0.6 is 0 Å². The van der Waals surface area contributed by atoms with E-state index in [0.29, 0.717) is 0 Å². The summed E-state index contributed by atoms with van der Waals surface area (Å²) in [5.41, 5.74) is 6.66. The van der Waals surface area contributed by atoms with Crippen molar-refractivity contribution in [2.45, 2.75) is 12.0 Å². The molecule has 0 aromatic heterocycles. The molecule has 0 heterocycles. The molecule has 8 heteroatoms. The van der Waals surface area contributed by atoms with Crippen molar-refractivity contribution in [2.24, 2.45) is 22.9 Å². The zero-order valence-corrected chi connectivity index (χ0v) is 9.82. The molecule has 0 N–H and O–H groups in total. The molecule has 2 fully saturated rings. The van der Waals surface area contributed by atoms with Crippen LogP contribution in [0, 0.1) is 17.8 Å². The van der Waals surface area contributed by atoms with Crippen LogP contribution in [0.5, 0.6) is 0 Å². The van der Waals surface area contributed by atoms with E-state index >= 15 is 0 Å². The Morgan fingerprint density at radius 2 is 2.11 bits per heavy atom. The summed E-state index contributed by atoms with van der Waals surface area (Å²) in [7, 11) is 2.33. The summed E-state index contributed by atoms with van der Waals surface area (Å²) < 4.78 is 9.14. The van der Waals surface area contributed by atoms with Crippen molar-refractivity contribution in [1.82, 2.24) is 0 Å². The lowest BCUT2D eigenvalue weighted by atomic mass is 9.90. The maximum absolute atomic E-state index is 11.9. The molecule has 0 spiro atoms. The third kappa shape index (κ3) is 1.32. The second-order valence-corrected chi connectivity index (χ2v) is 4.31. The molecule has 96 valence electrons. The number of nitrogens with zero attached hydrogens (tertiary/aromatic N) is 3. The van der Waals surface area contributed by atoms with E-state index in [1.54, 1.807) is 0 Å². The molecule has 0 saturated heterocycles. The molecule has 0 bridgehead atoms. The van der Waals surface area contributed by atoms with Gasteiger partial charge in [0.25, 0.3) is 0 Å². The fourth-order valence-electron chi connectivity index (χ4n) is 2.85. The van der Waals surface area contributed by atoms with Gasteiger partial charge in [0.05, 0.1) is 20.1 Å². The van der Waals surface area contributed by atoms with Crippen LogP contribution < -0.4 is 0 Å². The fraction of sp³-hybridized carbons (Fsp3) is 0.700. The molecular formula is C10H11N3O5. The highest BCUT2D eigenvalue weighted by molar-refractivity contribution is 6.13. The van der Waals surface area contributed by atoms with Gasteiger partial charge in [0, 0.05) is 17.3 Å². The first-order chi connectivity index (χ1) is 8.54. The Labute approximate surface area is 102 Å². The molecule has 0 aromatic carbocycles. The number of rotatable bonds is 3. The van der Waals surface area contributed by atoms with Crippen molar-refractivity contribution in [3.05, 3.63) is 10.4 Å². The molecule has 0 unspecified atom stereocenters. The average molecular weight is 253 g/mol. The number of hydrogen-bond donors (Lipinski definition) is 0. The van der Waals surface area contributed by atoms with Crippen molar-refractivity contribution in [1.29, 1.82) is 0 Å². The third-order valence-electron chi connectivity index (χ3n) is 3.67. The molecule has 0 aromatic rings. The first-order valence-corrected chi connectivity index (χ1v) is 5.30. The van der Waals surface area contributed by atoms with Gasteiger partial charge < -0.3 is 9.47 Å². The molecule has 0 amide bonds. The second kappa shape index (κ2) is 3.99. The van der Waals surface area contributed by atoms with Crippen LogP contribution in [-0.4, -0.2) is 37.5 Å². The monoisotopic (exact) mass is 253 g/mol. The van der Waals surface area contributed by atoms with E-state index < -0.39 is 35.1 Å². The van der Waals surface area contributed by atoms with Gasteiger partial charge in [0.15, 0.2) is 5.78 Å². The summed E-state index contributed by atoms with van der Waals surface area (Å²) in [4.78, 5) is 37.7.